The molecule has 0 heterocycles. The minimum Gasteiger partial charge on any atom is -0.468 e. The molecular weight excluding hydrogens is 244 g/mol. The van der Waals surface area contributed by atoms with Gasteiger partial charge in [0.25, 0.3) is 0 Å². The highest BCUT2D eigenvalue weighted by molar-refractivity contribution is 5.95. The summed E-state index contributed by atoms with van der Waals surface area (Å²) in [5, 5.41) is 0. The molecule has 0 aromatic heterocycles. The molecule has 0 bridgehead atoms. The van der Waals surface area contributed by atoms with E-state index >= 15 is 0 Å². The third-order valence-corrected chi connectivity index (χ3v) is 4.13. The van der Waals surface area contributed by atoms with E-state index in [2.05, 4.69) is 13.5 Å². The monoisotopic (exact) mass is 268 g/mol. The lowest BCUT2D eigenvalue weighted by atomic mass is 9.67. The van der Waals surface area contributed by atoms with Crippen LogP contribution in [0, 0.1) is 23.7 Å². The van der Waals surface area contributed by atoms with Crippen LogP contribution < -0.4 is 0 Å². The molecule has 0 aliphatic heterocycles. The SMILES string of the molecule is C=C(C)[C@@H]1CC[C@@H](C)CC1C(C(=O)OC)C(=O)OC. The van der Waals surface area contributed by atoms with Gasteiger partial charge in [0.1, 0.15) is 0 Å². The molecule has 1 aliphatic carbocycles. The van der Waals surface area contributed by atoms with Crippen LogP contribution >= 0.6 is 0 Å². The van der Waals surface area contributed by atoms with Gasteiger partial charge in [0.05, 0.1) is 14.2 Å². The Morgan fingerprint density at radius 2 is 1.68 bits per heavy atom. The number of ether oxygens (including phenoxy) is 2. The van der Waals surface area contributed by atoms with E-state index in [1.165, 1.54) is 14.2 Å². The lowest BCUT2D eigenvalue weighted by Crippen LogP contribution is -2.40. The van der Waals surface area contributed by atoms with Crippen LogP contribution in [0.2, 0.25) is 0 Å². The Kier molecular flexibility index (Phi) is 5.58. The number of hydrogen-bond acceptors (Lipinski definition) is 4. The first-order valence-corrected chi connectivity index (χ1v) is 6.73. The fraction of sp³-hybridized carbons (Fsp3) is 0.733. The van der Waals surface area contributed by atoms with Crippen molar-refractivity contribution in [1.29, 1.82) is 0 Å². The van der Waals surface area contributed by atoms with Crippen LogP contribution in [0.3, 0.4) is 0 Å². The van der Waals surface area contributed by atoms with Crippen molar-refractivity contribution in [2.45, 2.75) is 33.1 Å². The van der Waals surface area contributed by atoms with Crippen LogP contribution in [0.5, 0.6) is 0 Å². The summed E-state index contributed by atoms with van der Waals surface area (Å²) in [5.41, 5.74) is 1.02. The van der Waals surface area contributed by atoms with Gasteiger partial charge < -0.3 is 9.47 Å². The zero-order chi connectivity index (χ0) is 14.6. The lowest BCUT2D eigenvalue weighted by molar-refractivity contribution is -0.163. The van der Waals surface area contributed by atoms with Crippen molar-refractivity contribution < 1.29 is 19.1 Å². The second-order valence-electron chi connectivity index (χ2n) is 5.56. The van der Waals surface area contributed by atoms with Gasteiger partial charge >= 0.3 is 11.9 Å². The summed E-state index contributed by atoms with van der Waals surface area (Å²) in [6, 6.07) is 0. The molecule has 0 amide bonds. The first-order chi connectivity index (χ1) is 8.92. The van der Waals surface area contributed by atoms with E-state index in [0.29, 0.717) is 5.92 Å². The van der Waals surface area contributed by atoms with Crippen LogP contribution in [-0.4, -0.2) is 26.2 Å². The zero-order valence-corrected chi connectivity index (χ0v) is 12.3. The van der Waals surface area contributed by atoms with Gasteiger partial charge in [-0.1, -0.05) is 25.5 Å². The van der Waals surface area contributed by atoms with Gasteiger partial charge in [-0.2, -0.15) is 0 Å². The summed E-state index contributed by atoms with van der Waals surface area (Å²) in [6.45, 7) is 8.11. The molecule has 0 saturated heterocycles. The molecule has 1 unspecified atom stereocenters. The van der Waals surface area contributed by atoms with Crippen molar-refractivity contribution in [2.24, 2.45) is 23.7 Å². The molecule has 4 heteroatoms. The molecule has 108 valence electrons. The molecule has 19 heavy (non-hydrogen) atoms. The molecule has 0 spiro atoms. The van der Waals surface area contributed by atoms with Gasteiger partial charge in [-0.15, -0.1) is 0 Å². The van der Waals surface area contributed by atoms with Gasteiger partial charge in [-0.25, -0.2) is 0 Å². The van der Waals surface area contributed by atoms with Gasteiger partial charge in [0, 0.05) is 0 Å². The maximum Gasteiger partial charge on any atom is 0.320 e. The summed E-state index contributed by atoms with van der Waals surface area (Å²) in [4.78, 5) is 23.9. The standard InChI is InChI=1S/C15H24O4/c1-9(2)11-7-6-10(3)8-12(11)13(14(16)18-4)15(17)19-5/h10-13H,1,6-8H2,2-5H3/t10-,11+,12?/m1/s1. The van der Waals surface area contributed by atoms with Gasteiger partial charge in [-0.05, 0) is 37.5 Å². The van der Waals surface area contributed by atoms with E-state index in [9.17, 15) is 9.59 Å². The summed E-state index contributed by atoms with van der Waals surface area (Å²) < 4.78 is 9.56. The number of allylic oxidation sites excluding steroid dienone is 1. The third kappa shape index (κ3) is 3.58. The zero-order valence-electron chi connectivity index (χ0n) is 12.3. The Labute approximate surface area is 115 Å². The highest BCUT2D eigenvalue weighted by Gasteiger charge is 2.43. The Balaban J connectivity index is 3.04. The van der Waals surface area contributed by atoms with Gasteiger partial charge in [0.2, 0.25) is 0 Å². The summed E-state index contributed by atoms with van der Waals surface area (Å²) in [6.07, 6.45) is 2.89. The Hall–Kier alpha value is -1.32. The average Bonchev–Trinajstić information content (AvgIpc) is 2.38. The molecule has 0 N–H and O–H groups in total. The topological polar surface area (TPSA) is 52.6 Å². The number of hydrogen-bond donors (Lipinski definition) is 0. The first kappa shape index (κ1) is 15.7. The number of carbonyl (C=O) groups is 2. The molecule has 3 atom stereocenters. The van der Waals surface area contributed by atoms with Crippen molar-refractivity contribution in [3.05, 3.63) is 12.2 Å². The van der Waals surface area contributed by atoms with Crippen LogP contribution in [0.25, 0.3) is 0 Å². The van der Waals surface area contributed by atoms with Crippen molar-refractivity contribution in [1.82, 2.24) is 0 Å². The Morgan fingerprint density at radius 1 is 1.16 bits per heavy atom. The first-order valence-electron chi connectivity index (χ1n) is 6.73. The molecule has 1 fully saturated rings. The summed E-state index contributed by atoms with van der Waals surface area (Å²) in [7, 11) is 2.61. The van der Waals surface area contributed by atoms with Crippen LogP contribution in [0.4, 0.5) is 0 Å². The van der Waals surface area contributed by atoms with Crippen molar-refractivity contribution in [2.75, 3.05) is 14.2 Å². The molecule has 0 radical (unpaired) electrons. The van der Waals surface area contributed by atoms with E-state index in [0.717, 1.165) is 24.8 Å². The number of methoxy groups -OCH3 is 2. The van der Waals surface area contributed by atoms with E-state index in [-0.39, 0.29) is 11.8 Å². The van der Waals surface area contributed by atoms with Crippen LogP contribution in [0.15, 0.2) is 12.2 Å². The predicted molar refractivity (Wildman–Crippen MR) is 72.3 cm³/mol. The molecule has 4 nitrogen and oxygen atoms in total. The molecule has 1 rings (SSSR count). The summed E-state index contributed by atoms with van der Waals surface area (Å²) in [5.74, 6) is -1.23. The van der Waals surface area contributed by atoms with Crippen LogP contribution in [0.1, 0.15) is 33.1 Å². The average molecular weight is 268 g/mol. The molecule has 0 aromatic rings. The Bertz CT molecular complexity index is 345. The number of esters is 2. The van der Waals surface area contributed by atoms with Crippen LogP contribution in [-0.2, 0) is 19.1 Å². The van der Waals surface area contributed by atoms with E-state index in [1.54, 1.807) is 0 Å². The van der Waals surface area contributed by atoms with Gasteiger partial charge in [-0.3, -0.25) is 9.59 Å². The molecular formula is C15H24O4. The van der Waals surface area contributed by atoms with Gasteiger partial charge in [0.15, 0.2) is 5.92 Å². The minimum atomic E-state index is -0.834. The largest absolute Gasteiger partial charge is 0.468 e. The highest BCUT2D eigenvalue weighted by Crippen LogP contribution is 2.42. The third-order valence-electron chi connectivity index (χ3n) is 4.13. The summed E-state index contributed by atoms with van der Waals surface area (Å²) >= 11 is 0. The van der Waals surface area contributed by atoms with Crippen molar-refractivity contribution in [3.8, 4) is 0 Å². The quantitative estimate of drug-likeness (QED) is 0.447. The normalized spacial score (nSPS) is 26.9. The van der Waals surface area contributed by atoms with E-state index in [1.807, 2.05) is 6.92 Å². The molecule has 1 aliphatic rings. The highest BCUT2D eigenvalue weighted by atomic mass is 16.5. The van der Waals surface area contributed by atoms with E-state index in [4.69, 9.17) is 9.47 Å². The second kappa shape index (κ2) is 6.73. The number of rotatable bonds is 4. The maximum atomic E-state index is 11.9. The molecule has 0 aromatic carbocycles. The smallest absolute Gasteiger partial charge is 0.320 e. The Morgan fingerprint density at radius 3 is 2.11 bits per heavy atom. The fourth-order valence-electron chi connectivity index (χ4n) is 3.10. The minimum absolute atomic E-state index is 0.0684. The lowest BCUT2D eigenvalue weighted by Gasteiger charge is -2.37. The molecule has 1 saturated carbocycles. The number of carbonyl (C=O) groups excluding carboxylic acids is 2. The van der Waals surface area contributed by atoms with Crippen molar-refractivity contribution in [3.63, 3.8) is 0 Å². The predicted octanol–water partition coefficient (Wildman–Crippen LogP) is 2.58. The van der Waals surface area contributed by atoms with E-state index < -0.39 is 17.9 Å². The van der Waals surface area contributed by atoms with Crippen molar-refractivity contribution >= 4 is 11.9 Å². The fourth-order valence-corrected chi connectivity index (χ4v) is 3.10. The maximum absolute atomic E-state index is 11.9. The second-order valence-corrected chi connectivity index (χ2v) is 5.56.